The Morgan fingerprint density at radius 2 is 2.14 bits per heavy atom. The Bertz CT molecular complexity index is 1080. The number of ether oxygens (including phenoxy) is 2. The predicted molar refractivity (Wildman–Crippen MR) is 112 cm³/mol. The maximum atomic E-state index is 12.9. The molecule has 1 amide bonds. The van der Waals surface area contributed by atoms with Gasteiger partial charge in [0.25, 0.3) is 5.91 Å². The number of nitrogens with zero attached hydrogens (tertiary/aromatic N) is 2. The maximum Gasteiger partial charge on any atom is 0.257 e. The molecule has 2 aromatic heterocycles. The number of amides is 1. The molecular formula is C22H24N4O3. The largest absolute Gasteiger partial charge is 0.497 e. The first-order valence-corrected chi connectivity index (χ1v) is 9.34. The molecule has 7 heteroatoms. The summed E-state index contributed by atoms with van der Waals surface area (Å²) >= 11 is 0. The Morgan fingerprint density at radius 1 is 1.31 bits per heavy atom. The first-order valence-electron chi connectivity index (χ1n) is 9.34. The van der Waals surface area contributed by atoms with Crippen molar-refractivity contribution in [2.24, 2.45) is 0 Å². The van der Waals surface area contributed by atoms with E-state index in [2.05, 4.69) is 20.3 Å². The lowest BCUT2D eigenvalue weighted by molar-refractivity contribution is 0.0964. The second kappa shape index (κ2) is 9.05. The molecule has 3 aromatic rings. The first-order chi connectivity index (χ1) is 14.1. The summed E-state index contributed by atoms with van der Waals surface area (Å²) in [6.07, 6.45) is 5.25. The van der Waals surface area contributed by atoms with Crippen molar-refractivity contribution in [2.75, 3.05) is 13.7 Å². The van der Waals surface area contributed by atoms with Gasteiger partial charge in [-0.3, -0.25) is 4.79 Å². The van der Waals surface area contributed by atoms with E-state index in [9.17, 15) is 4.79 Å². The molecule has 3 rings (SSSR count). The smallest absolute Gasteiger partial charge is 0.257 e. The van der Waals surface area contributed by atoms with Gasteiger partial charge in [0.15, 0.2) is 5.65 Å². The SMILES string of the molecule is C/C=C\C(OCC)=C(/C)NC(=O)c1ccnc2nc(-c3cccc(OC)c3)[nH]c12. The standard InChI is InChI=1S/C22H24N4O3/c1-5-8-18(29-6-2)14(3)24-22(27)17-11-12-23-21-19(17)25-20(26-21)15-9-7-10-16(13-15)28-4/h5,7-13H,6H2,1-4H3,(H,24,27)(H,23,25,26)/b8-5-,18-14-. The van der Waals surface area contributed by atoms with E-state index in [0.717, 1.165) is 11.3 Å². The van der Waals surface area contributed by atoms with Crippen LogP contribution >= 0.6 is 0 Å². The first kappa shape index (κ1) is 20.1. The fourth-order valence-corrected chi connectivity index (χ4v) is 2.89. The molecule has 2 N–H and O–H groups in total. The van der Waals surface area contributed by atoms with E-state index in [1.54, 1.807) is 26.3 Å². The summed E-state index contributed by atoms with van der Waals surface area (Å²) in [6, 6.07) is 9.19. The van der Waals surface area contributed by atoms with Crippen molar-refractivity contribution >= 4 is 17.1 Å². The molecule has 1 aromatic carbocycles. The number of benzene rings is 1. The van der Waals surface area contributed by atoms with Crippen LogP contribution in [0, 0.1) is 0 Å². The van der Waals surface area contributed by atoms with Crippen LogP contribution in [0.4, 0.5) is 0 Å². The van der Waals surface area contributed by atoms with Crippen LogP contribution in [0.5, 0.6) is 5.75 Å². The zero-order valence-electron chi connectivity index (χ0n) is 16.9. The minimum absolute atomic E-state index is 0.266. The summed E-state index contributed by atoms with van der Waals surface area (Å²) in [5.74, 6) is 1.69. The summed E-state index contributed by atoms with van der Waals surface area (Å²) < 4.78 is 10.9. The minimum atomic E-state index is -0.266. The third kappa shape index (κ3) is 4.45. The monoisotopic (exact) mass is 392 g/mol. The normalized spacial score (nSPS) is 12.1. The molecular weight excluding hydrogens is 368 g/mol. The summed E-state index contributed by atoms with van der Waals surface area (Å²) in [4.78, 5) is 24.9. The quantitative estimate of drug-likeness (QED) is 0.464. The van der Waals surface area contributed by atoms with Gasteiger partial charge in [-0.05, 0) is 45.0 Å². The molecule has 0 radical (unpaired) electrons. The van der Waals surface area contributed by atoms with Crippen molar-refractivity contribution in [1.29, 1.82) is 0 Å². The van der Waals surface area contributed by atoms with Crippen LogP contribution in [0.15, 0.2) is 60.1 Å². The van der Waals surface area contributed by atoms with Crippen molar-refractivity contribution in [3.63, 3.8) is 0 Å². The molecule has 2 heterocycles. The third-order valence-electron chi connectivity index (χ3n) is 4.27. The minimum Gasteiger partial charge on any atom is -0.497 e. The molecule has 29 heavy (non-hydrogen) atoms. The number of carbonyl (C=O) groups is 1. The van der Waals surface area contributed by atoms with Gasteiger partial charge in [-0.25, -0.2) is 9.97 Å². The number of hydrogen-bond donors (Lipinski definition) is 2. The van der Waals surface area contributed by atoms with Gasteiger partial charge in [0.1, 0.15) is 17.3 Å². The van der Waals surface area contributed by atoms with Crippen LogP contribution in [0.25, 0.3) is 22.6 Å². The fraction of sp³-hybridized carbons (Fsp3) is 0.227. The van der Waals surface area contributed by atoms with Gasteiger partial charge in [0, 0.05) is 11.8 Å². The highest BCUT2D eigenvalue weighted by Gasteiger charge is 2.16. The number of H-pyrrole nitrogens is 1. The van der Waals surface area contributed by atoms with Gasteiger partial charge in [-0.2, -0.15) is 0 Å². The molecule has 0 unspecified atom stereocenters. The zero-order valence-corrected chi connectivity index (χ0v) is 16.9. The second-order valence-corrected chi connectivity index (χ2v) is 6.25. The molecule has 0 saturated carbocycles. The van der Waals surface area contributed by atoms with Crippen LogP contribution in [0.2, 0.25) is 0 Å². The van der Waals surface area contributed by atoms with E-state index in [0.29, 0.717) is 40.6 Å². The molecule has 0 bridgehead atoms. The average molecular weight is 392 g/mol. The number of aromatic nitrogens is 3. The third-order valence-corrected chi connectivity index (χ3v) is 4.27. The van der Waals surface area contributed by atoms with Crippen molar-refractivity contribution in [2.45, 2.75) is 20.8 Å². The molecule has 0 aliphatic heterocycles. The summed E-state index contributed by atoms with van der Waals surface area (Å²) in [6.45, 7) is 6.10. The van der Waals surface area contributed by atoms with E-state index in [-0.39, 0.29) is 5.91 Å². The van der Waals surface area contributed by atoms with Crippen LogP contribution in [-0.2, 0) is 4.74 Å². The zero-order chi connectivity index (χ0) is 20.8. The highest BCUT2D eigenvalue weighted by molar-refractivity contribution is 6.05. The number of nitrogens with one attached hydrogen (secondary N) is 2. The summed E-state index contributed by atoms with van der Waals surface area (Å²) in [7, 11) is 1.61. The Hall–Kier alpha value is -3.61. The second-order valence-electron chi connectivity index (χ2n) is 6.25. The molecule has 150 valence electrons. The topological polar surface area (TPSA) is 89.1 Å². The van der Waals surface area contributed by atoms with Gasteiger partial charge in [-0.1, -0.05) is 18.2 Å². The van der Waals surface area contributed by atoms with E-state index in [4.69, 9.17) is 9.47 Å². The Balaban J connectivity index is 1.96. The summed E-state index contributed by atoms with van der Waals surface area (Å²) in [5, 5.41) is 2.89. The van der Waals surface area contributed by atoms with Gasteiger partial charge in [0.05, 0.1) is 30.5 Å². The number of imidazole rings is 1. The molecule has 0 aliphatic rings. The molecule has 7 nitrogen and oxygen atoms in total. The molecule has 0 fully saturated rings. The number of pyridine rings is 1. The Labute approximate surface area is 169 Å². The van der Waals surface area contributed by atoms with Gasteiger partial charge in [-0.15, -0.1) is 0 Å². The number of rotatable bonds is 7. The van der Waals surface area contributed by atoms with E-state index < -0.39 is 0 Å². The van der Waals surface area contributed by atoms with Crippen molar-refractivity contribution < 1.29 is 14.3 Å². The fourth-order valence-electron chi connectivity index (χ4n) is 2.89. The number of methoxy groups -OCH3 is 1. The van der Waals surface area contributed by atoms with E-state index >= 15 is 0 Å². The number of carbonyl (C=O) groups excluding carboxylic acids is 1. The average Bonchev–Trinajstić information content (AvgIpc) is 3.18. The predicted octanol–water partition coefficient (Wildman–Crippen LogP) is 4.21. The van der Waals surface area contributed by atoms with Crippen molar-refractivity contribution in [1.82, 2.24) is 20.3 Å². The van der Waals surface area contributed by atoms with Crippen LogP contribution in [0.3, 0.4) is 0 Å². The van der Waals surface area contributed by atoms with E-state index in [1.807, 2.05) is 50.3 Å². The van der Waals surface area contributed by atoms with Crippen LogP contribution in [-0.4, -0.2) is 34.6 Å². The van der Waals surface area contributed by atoms with E-state index in [1.165, 1.54) is 0 Å². The number of hydrogen-bond acceptors (Lipinski definition) is 5. The molecule has 0 spiro atoms. The maximum absolute atomic E-state index is 12.9. The Kier molecular flexibility index (Phi) is 6.29. The highest BCUT2D eigenvalue weighted by Crippen LogP contribution is 2.24. The molecule has 0 aliphatic carbocycles. The Morgan fingerprint density at radius 3 is 2.86 bits per heavy atom. The van der Waals surface area contributed by atoms with Crippen LogP contribution in [0.1, 0.15) is 31.1 Å². The number of fused-ring (bicyclic) bond motifs is 1. The van der Waals surface area contributed by atoms with Gasteiger partial charge in [0.2, 0.25) is 0 Å². The number of aromatic amines is 1. The van der Waals surface area contributed by atoms with Gasteiger partial charge >= 0.3 is 0 Å². The van der Waals surface area contributed by atoms with Crippen molar-refractivity contribution in [3.8, 4) is 17.1 Å². The lowest BCUT2D eigenvalue weighted by atomic mass is 10.2. The molecule has 0 atom stereocenters. The summed E-state index contributed by atoms with van der Waals surface area (Å²) in [5.41, 5.74) is 2.96. The van der Waals surface area contributed by atoms with Crippen molar-refractivity contribution in [3.05, 3.63) is 65.7 Å². The van der Waals surface area contributed by atoms with Crippen LogP contribution < -0.4 is 10.1 Å². The number of allylic oxidation sites excluding steroid dienone is 3. The highest BCUT2D eigenvalue weighted by atomic mass is 16.5. The lowest BCUT2D eigenvalue weighted by Gasteiger charge is -2.11. The lowest BCUT2D eigenvalue weighted by Crippen LogP contribution is -2.23. The molecule has 0 saturated heterocycles. The van der Waals surface area contributed by atoms with Gasteiger partial charge < -0.3 is 19.8 Å².